The lowest BCUT2D eigenvalue weighted by atomic mass is 9.46. The van der Waals surface area contributed by atoms with Gasteiger partial charge in [-0.1, -0.05) is 13.8 Å². The van der Waals surface area contributed by atoms with Crippen LogP contribution in [0.5, 0.6) is 0 Å². The first-order chi connectivity index (χ1) is 12.3. The molecule has 0 bridgehead atoms. The Balaban J connectivity index is 1.67. The standard InChI is InChI=1S/C20H29NO5/c1-19-8-7-13-11(12(19)4-5-14(19)18(24)25)3-6-15-20(13,2)16(26-10-22)9-17(23)21-15/h10-16H,3-9H2,1-2H3,(H,21,23)(H,24,25)/t11-,12-,13-,14+,15?,16?,19-,20+/m0/s1. The number of hydrogen-bond donors (Lipinski definition) is 2. The maximum absolute atomic E-state index is 12.1. The van der Waals surface area contributed by atoms with Gasteiger partial charge < -0.3 is 15.2 Å². The molecule has 1 aliphatic heterocycles. The van der Waals surface area contributed by atoms with E-state index in [0.29, 0.717) is 24.2 Å². The molecule has 8 atom stereocenters. The van der Waals surface area contributed by atoms with E-state index in [4.69, 9.17) is 4.74 Å². The van der Waals surface area contributed by atoms with Crippen molar-refractivity contribution in [3.63, 3.8) is 0 Å². The quantitative estimate of drug-likeness (QED) is 0.751. The molecular formula is C20H29NO5. The van der Waals surface area contributed by atoms with Crippen molar-refractivity contribution in [1.82, 2.24) is 5.32 Å². The third-order valence-corrected chi connectivity index (χ3v) is 8.69. The SMILES string of the molecule is C[C@]12C(CC[C@@H]3[C@@H]1CC[C@]1(C)[C@@H](C(=O)O)CC[C@@H]31)NC(=O)CC2OC=O. The lowest BCUT2D eigenvalue weighted by Gasteiger charge is -2.61. The largest absolute Gasteiger partial charge is 0.481 e. The average Bonchev–Trinajstić information content (AvgIpc) is 2.94. The van der Waals surface area contributed by atoms with Gasteiger partial charge in [-0.2, -0.15) is 0 Å². The van der Waals surface area contributed by atoms with Crippen LogP contribution in [0.15, 0.2) is 0 Å². The normalized spacial score (nSPS) is 50.0. The van der Waals surface area contributed by atoms with Gasteiger partial charge in [0, 0.05) is 11.5 Å². The maximum Gasteiger partial charge on any atom is 0.307 e. The molecule has 144 valence electrons. The van der Waals surface area contributed by atoms with Gasteiger partial charge in [0.2, 0.25) is 5.91 Å². The summed E-state index contributed by atoms with van der Waals surface area (Å²) >= 11 is 0. The molecular weight excluding hydrogens is 334 g/mol. The van der Waals surface area contributed by atoms with E-state index in [2.05, 4.69) is 19.2 Å². The molecule has 6 heteroatoms. The van der Waals surface area contributed by atoms with Crippen molar-refractivity contribution >= 4 is 18.3 Å². The van der Waals surface area contributed by atoms with Crippen LogP contribution in [0.1, 0.15) is 58.8 Å². The molecule has 0 aromatic heterocycles. The van der Waals surface area contributed by atoms with Crippen LogP contribution < -0.4 is 5.32 Å². The number of carbonyl (C=O) groups excluding carboxylic acids is 2. The van der Waals surface area contributed by atoms with Gasteiger partial charge in [0.05, 0.1) is 12.3 Å². The zero-order valence-corrected chi connectivity index (χ0v) is 15.6. The Labute approximate surface area is 154 Å². The van der Waals surface area contributed by atoms with Gasteiger partial charge in [0.25, 0.3) is 6.47 Å². The Kier molecular flexibility index (Phi) is 4.08. The van der Waals surface area contributed by atoms with Gasteiger partial charge in [0.15, 0.2) is 0 Å². The minimum atomic E-state index is -0.652. The van der Waals surface area contributed by atoms with Crippen LogP contribution in [0.3, 0.4) is 0 Å². The lowest BCUT2D eigenvalue weighted by molar-refractivity contribution is -0.178. The molecule has 4 fully saturated rings. The van der Waals surface area contributed by atoms with Gasteiger partial charge >= 0.3 is 5.97 Å². The monoisotopic (exact) mass is 363 g/mol. The van der Waals surface area contributed by atoms with Crippen molar-refractivity contribution in [2.24, 2.45) is 34.5 Å². The predicted octanol–water partition coefficient (Wildman–Crippen LogP) is 2.36. The number of fused-ring (bicyclic) bond motifs is 5. The number of amides is 1. The van der Waals surface area contributed by atoms with Gasteiger partial charge in [-0.15, -0.1) is 0 Å². The lowest BCUT2D eigenvalue weighted by Crippen LogP contribution is -2.66. The van der Waals surface area contributed by atoms with E-state index in [1.165, 1.54) is 0 Å². The highest BCUT2D eigenvalue weighted by Crippen LogP contribution is 2.65. The van der Waals surface area contributed by atoms with Crippen LogP contribution in [0.4, 0.5) is 0 Å². The molecule has 3 saturated carbocycles. The minimum Gasteiger partial charge on any atom is -0.481 e. The molecule has 0 aromatic carbocycles. The molecule has 2 N–H and O–H groups in total. The van der Waals surface area contributed by atoms with Crippen LogP contribution >= 0.6 is 0 Å². The Hall–Kier alpha value is -1.59. The molecule has 6 nitrogen and oxygen atoms in total. The number of carbonyl (C=O) groups is 3. The third-order valence-electron chi connectivity index (χ3n) is 8.69. The molecule has 4 aliphatic rings. The predicted molar refractivity (Wildman–Crippen MR) is 93.0 cm³/mol. The molecule has 2 unspecified atom stereocenters. The molecule has 0 aromatic rings. The highest BCUT2D eigenvalue weighted by atomic mass is 16.5. The number of carboxylic acid groups (broad SMARTS) is 1. The van der Waals surface area contributed by atoms with Crippen molar-refractivity contribution < 1.29 is 24.2 Å². The first-order valence-corrected chi connectivity index (χ1v) is 9.93. The zero-order chi connectivity index (χ0) is 18.7. The van der Waals surface area contributed by atoms with Crippen LogP contribution in [0.2, 0.25) is 0 Å². The van der Waals surface area contributed by atoms with E-state index in [1.54, 1.807) is 0 Å². The van der Waals surface area contributed by atoms with E-state index in [-0.39, 0.29) is 41.2 Å². The number of hydrogen-bond acceptors (Lipinski definition) is 4. The van der Waals surface area contributed by atoms with Crippen LogP contribution in [-0.4, -0.2) is 35.6 Å². The van der Waals surface area contributed by atoms with Gasteiger partial charge in [-0.05, 0) is 61.7 Å². The van der Waals surface area contributed by atoms with E-state index in [0.717, 1.165) is 38.5 Å². The summed E-state index contributed by atoms with van der Waals surface area (Å²) < 4.78 is 5.44. The van der Waals surface area contributed by atoms with Crippen molar-refractivity contribution in [2.75, 3.05) is 0 Å². The molecule has 1 heterocycles. The van der Waals surface area contributed by atoms with Crippen LogP contribution in [0, 0.1) is 34.5 Å². The molecule has 0 radical (unpaired) electrons. The topological polar surface area (TPSA) is 92.7 Å². The van der Waals surface area contributed by atoms with Crippen molar-refractivity contribution in [1.29, 1.82) is 0 Å². The number of nitrogens with one attached hydrogen (secondary N) is 1. The summed E-state index contributed by atoms with van der Waals surface area (Å²) in [5.41, 5.74) is -0.393. The van der Waals surface area contributed by atoms with Crippen LogP contribution in [-0.2, 0) is 19.1 Å². The molecule has 3 aliphatic carbocycles. The van der Waals surface area contributed by atoms with Gasteiger partial charge in [-0.3, -0.25) is 14.4 Å². The molecule has 1 saturated heterocycles. The summed E-state index contributed by atoms with van der Waals surface area (Å²) in [6, 6.07) is 0.0379. The van der Waals surface area contributed by atoms with E-state index in [1.807, 2.05) is 0 Å². The number of piperidine rings is 1. The number of ether oxygens (including phenoxy) is 1. The van der Waals surface area contributed by atoms with E-state index >= 15 is 0 Å². The highest BCUT2D eigenvalue weighted by molar-refractivity contribution is 5.78. The minimum absolute atomic E-state index is 0.0368. The second-order valence-corrected chi connectivity index (χ2v) is 9.38. The molecule has 26 heavy (non-hydrogen) atoms. The number of rotatable bonds is 3. The number of carboxylic acids is 1. The van der Waals surface area contributed by atoms with E-state index in [9.17, 15) is 19.5 Å². The summed E-state index contributed by atoms with van der Waals surface area (Å²) in [6.07, 6.45) is 5.34. The third kappa shape index (κ3) is 2.26. The number of aliphatic carboxylic acids is 1. The Morgan fingerprint density at radius 3 is 2.65 bits per heavy atom. The Morgan fingerprint density at radius 2 is 1.96 bits per heavy atom. The smallest absolute Gasteiger partial charge is 0.307 e. The van der Waals surface area contributed by atoms with Gasteiger partial charge in [0.1, 0.15) is 6.10 Å². The maximum atomic E-state index is 12.1. The fraction of sp³-hybridized carbons (Fsp3) is 0.850. The van der Waals surface area contributed by atoms with Crippen molar-refractivity contribution in [2.45, 2.75) is 70.9 Å². The average molecular weight is 363 g/mol. The summed E-state index contributed by atoms with van der Waals surface area (Å²) in [5.74, 6) is 0.289. The van der Waals surface area contributed by atoms with Gasteiger partial charge in [-0.25, -0.2) is 0 Å². The fourth-order valence-corrected chi connectivity index (χ4v) is 7.39. The summed E-state index contributed by atoms with van der Waals surface area (Å²) in [7, 11) is 0. The summed E-state index contributed by atoms with van der Waals surface area (Å²) in [5, 5.41) is 12.8. The zero-order valence-electron chi connectivity index (χ0n) is 15.6. The second kappa shape index (κ2) is 5.96. The molecule has 4 rings (SSSR count). The molecule has 0 spiro atoms. The first kappa shape index (κ1) is 17.8. The Morgan fingerprint density at radius 1 is 1.19 bits per heavy atom. The first-order valence-electron chi connectivity index (χ1n) is 9.93. The van der Waals surface area contributed by atoms with Crippen molar-refractivity contribution in [3.05, 3.63) is 0 Å². The summed E-state index contributed by atoms with van der Waals surface area (Å²) in [4.78, 5) is 35.0. The molecule has 1 amide bonds. The Bertz CT molecular complexity index is 636. The summed E-state index contributed by atoms with van der Waals surface area (Å²) in [6.45, 7) is 4.84. The van der Waals surface area contributed by atoms with Crippen LogP contribution in [0.25, 0.3) is 0 Å². The fourth-order valence-electron chi connectivity index (χ4n) is 7.39. The second-order valence-electron chi connectivity index (χ2n) is 9.38. The highest BCUT2D eigenvalue weighted by Gasteiger charge is 2.64. The van der Waals surface area contributed by atoms with E-state index < -0.39 is 5.97 Å². The van der Waals surface area contributed by atoms with Crippen molar-refractivity contribution in [3.8, 4) is 0 Å².